The molecule has 0 atom stereocenters. The molecule has 1 aromatic heterocycles. The van der Waals surface area contributed by atoms with Crippen LogP contribution in [0.3, 0.4) is 0 Å². The Balaban J connectivity index is 1.45. The van der Waals surface area contributed by atoms with Crippen LogP contribution in [0.5, 0.6) is 11.5 Å². The second-order valence-electron chi connectivity index (χ2n) is 7.16. The van der Waals surface area contributed by atoms with Crippen molar-refractivity contribution in [2.45, 2.75) is 6.92 Å². The van der Waals surface area contributed by atoms with E-state index < -0.39 is 0 Å². The van der Waals surface area contributed by atoms with E-state index in [1.165, 1.54) is 0 Å². The maximum absolute atomic E-state index is 12.3. The zero-order chi connectivity index (χ0) is 22.5. The van der Waals surface area contributed by atoms with Crippen LogP contribution >= 0.6 is 0 Å². The van der Waals surface area contributed by atoms with Gasteiger partial charge in [0, 0.05) is 23.1 Å². The van der Waals surface area contributed by atoms with E-state index in [-0.39, 0.29) is 6.03 Å². The Morgan fingerprint density at radius 1 is 0.875 bits per heavy atom. The molecule has 0 aliphatic rings. The van der Waals surface area contributed by atoms with E-state index in [1.807, 2.05) is 85.9 Å². The molecule has 0 spiro atoms. The van der Waals surface area contributed by atoms with Crippen molar-refractivity contribution >= 4 is 17.4 Å². The van der Waals surface area contributed by atoms with Gasteiger partial charge in [0.05, 0.1) is 25.6 Å². The fourth-order valence-corrected chi connectivity index (χ4v) is 3.31. The minimum atomic E-state index is -0.290. The van der Waals surface area contributed by atoms with Crippen molar-refractivity contribution in [3.05, 3.63) is 84.6 Å². The molecule has 0 fully saturated rings. The zero-order valence-corrected chi connectivity index (χ0v) is 18.1. The lowest BCUT2D eigenvalue weighted by molar-refractivity contribution is 0.262. The molecule has 0 saturated heterocycles. The van der Waals surface area contributed by atoms with Crippen LogP contribution in [0.25, 0.3) is 16.9 Å². The highest BCUT2D eigenvalue weighted by atomic mass is 16.5. The molecule has 0 bridgehead atoms. The molecule has 3 aromatic carbocycles. The van der Waals surface area contributed by atoms with Gasteiger partial charge in [0.15, 0.2) is 11.5 Å². The number of methoxy groups -OCH3 is 2. The topological polar surface area (TPSA) is 77.4 Å². The van der Waals surface area contributed by atoms with Gasteiger partial charge in [0.25, 0.3) is 0 Å². The Morgan fingerprint density at radius 3 is 2.34 bits per heavy atom. The van der Waals surface area contributed by atoms with Gasteiger partial charge in [-0.25, -0.2) is 9.48 Å². The lowest BCUT2D eigenvalue weighted by atomic mass is 10.1. The van der Waals surface area contributed by atoms with Crippen molar-refractivity contribution in [2.24, 2.45) is 0 Å². The average molecular weight is 428 g/mol. The minimum absolute atomic E-state index is 0.290. The molecule has 4 aromatic rings. The standard InChI is InChI=1S/C25H24N4O3/c1-17-6-4-5-7-21(17)27-25(30)26-19-9-11-20(12-10-19)29-15-14-22(28-29)18-8-13-23(31-2)24(16-18)32-3/h4-16H,1-3H3,(H2,26,27,30). The number of nitrogens with zero attached hydrogens (tertiary/aromatic N) is 2. The van der Waals surface area contributed by atoms with E-state index in [0.717, 1.165) is 28.2 Å². The normalized spacial score (nSPS) is 10.5. The molecule has 0 saturated carbocycles. The lowest BCUT2D eigenvalue weighted by Crippen LogP contribution is -2.19. The van der Waals surface area contributed by atoms with Gasteiger partial charge in [-0.15, -0.1) is 0 Å². The minimum Gasteiger partial charge on any atom is -0.493 e. The first kappa shape index (κ1) is 21.0. The summed E-state index contributed by atoms with van der Waals surface area (Å²) < 4.78 is 12.5. The number of urea groups is 1. The molecule has 162 valence electrons. The second-order valence-corrected chi connectivity index (χ2v) is 7.16. The van der Waals surface area contributed by atoms with Crippen molar-refractivity contribution in [1.82, 2.24) is 9.78 Å². The van der Waals surface area contributed by atoms with Crippen LogP contribution in [0, 0.1) is 6.92 Å². The van der Waals surface area contributed by atoms with Gasteiger partial charge in [0.2, 0.25) is 0 Å². The SMILES string of the molecule is COc1ccc(-c2ccn(-c3ccc(NC(=O)Nc4ccccc4C)cc3)n2)cc1OC. The molecule has 2 N–H and O–H groups in total. The molecular weight excluding hydrogens is 404 g/mol. The number of anilines is 2. The third-order valence-electron chi connectivity index (χ3n) is 5.05. The van der Waals surface area contributed by atoms with Crippen LogP contribution in [0.4, 0.5) is 16.2 Å². The quantitative estimate of drug-likeness (QED) is 0.425. The molecule has 7 heteroatoms. The predicted molar refractivity (Wildman–Crippen MR) is 126 cm³/mol. The van der Waals surface area contributed by atoms with Gasteiger partial charge in [-0.2, -0.15) is 5.10 Å². The lowest BCUT2D eigenvalue weighted by Gasteiger charge is -2.10. The van der Waals surface area contributed by atoms with Crippen molar-refractivity contribution < 1.29 is 14.3 Å². The van der Waals surface area contributed by atoms with Crippen LogP contribution in [-0.4, -0.2) is 30.0 Å². The number of nitrogens with one attached hydrogen (secondary N) is 2. The van der Waals surface area contributed by atoms with Crippen LogP contribution in [0.2, 0.25) is 0 Å². The van der Waals surface area contributed by atoms with Gasteiger partial charge in [0.1, 0.15) is 0 Å². The molecule has 32 heavy (non-hydrogen) atoms. The average Bonchev–Trinajstić information content (AvgIpc) is 3.31. The molecule has 0 aliphatic heterocycles. The van der Waals surface area contributed by atoms with Gasteiger partial charge in [-0.3, -0.25) is 0 Å². The van der Waals surface area contributed by atoms with Crippen LogP contribution in [-0.2, 0) is 0 Å². The summed E-state index contributed by atoms with van der Waals surface area (Å²) in [4.78, 5) is 12.3. The maximum Gasteiger partial charge on any atom is 0.323 e. The number of aryl methyl sites for hydroxylation is 1. The summed E-state index contributed by atoms with van der Waals surface area (Å²) in [6.45, 7) is 1.95. The van der Waals surface area contributed by atoms with Crippen molar-refractivity contribution in [3.63, 3.8) is 0 Å². The highest BCUT2D eigenvalue weighted by Crippen LogP contribution is 2.31. The highest BCUT2D eigenvalue weighted by molar-refractivity contribution is 6.00. The molecule has 2 amide bonds. The summed E-state index contributed by atoms with van der Waals surface area (Å²) in [5.74, 6) is 1.32. The van der Waals surface area contributed by atoms with Gasteiger partial charge >= 0.3 is 6.03 Å². The number of carbonyl (C=O) groups excluding carboxylic acids is 1. The maximum atomic E-state index is 12.3. The number of rotatable bonds is 6. The number of hydrogen-bond acceptors (Lipinski definition) is 4. The second kappa shape index (κ2) is 9.26. The smallest absolute Gasteiger partial charge is 0.323 e. The summed E-state index contributed by atoms with van der Waals surface area (Å²) in [5, 5.41) is 10.4. The van der Waals surface area contributed by atoms with E-state index in [4.69, 9.17) is 9.47 Å². The number of aromatic nitrogens is 2. The van der Waals surface area contributed by atoms with Gasteiger partial charge in [-0.1, -0.05) is 18.2 Å². The van der Waals surface area contributed by atoms with E-state index in [9.17, 15) is 4.79 Å². The summed E-state index contributed by atoms with van der Waals surface area (Å²) in [7, 11) is 3.22. The number of benzene rings is 3. The third-order valence-corrected chi connectivity index (χ3v) is 5.05. The Bertz CT molecular complexity index is 1230. The Labute approximate surface area is 186 Å². The molecule has 0 unspecified atom stereocenters. The molecule has 7 nitrogen and oxygen atoms in total. The molecule has 4 rings (SSSR count). The van der Waals surface area contributed by atoms with Gasteiger partial charge < -0.3 is 20.1 Å². The molecule has 0 radical (unpaired) electrons. The number of ether oxygens (including phenoxy) is 2. The summed E-state index contributed by atoms with van der Waals surface area (Å²) in [6.07, 6.45) is 1.89. The van der Waals surface area contributed by atoms with E-state index in [1.54, 1.807) is 18.9 Å². The Morgan fingerprint density at radius 2 is 1.62 bits per heavy atom. The van der Waals surface area contributed by atoms with Crippen molar-refractivity contribution in [3.8, 4) is 28.4 Å². The predicted octanol–water partition coefficient (Wildman–Crippen LogP) is 5.51. The van der Waals surface area contributed by atoms with E-state index in [0.29, 0.717) is 17.2 Å². The summed E-state index contributed by atoms with van der Waals surface area (Å²) in [6, 6.07) is 22.4. The monoisotopic (exact) mass is 428 g/mol. The van der Waals surface area contributed by atoms with Crippen LogP contribution in [0.1, 0.15) is 5.56 Å². The first-order chi connectivity index (χ1) is 15.6. The zero-order valence-electron chi connectivity index (χ0n) is 18.1. The Hall–Kier alpha value is -4.26. The Kier molecular flexibility index (Phi) is 6.07. The molecule has 1 heterocycles. The number of amides is 2. The summed E-state index contributed by atoms with van der Waals surface area (Å²) >= 11 is 0. The molecular formula is C25H24N4O3. The van der Waals surface area contributed by atoms with E-state index >= 15 is 0 Å². The third kappa shape index (κ3) is 4.57. The number of para-hydroxylation sites is 1. The van der Waals surface area contributed by atoms with Crippen molar-refractivity contribution in [2.75, 3.05) is 24.9 Å². The molecule has 0 aliphatic carbocycles. The summed E-state index contributed by atoms with van der Waals surface area (Å²) in [5.41, 5.74) is 5.08. The van der Waals surface area contributed by atoms with Gasteiger partial charge in [-0.05, 0) is 67.1 Å². The number of carbonyl (C=O) groups is 1. The first-order valence-electron chi connectivity index (χ1n) is 10.1. The fraction of sp³-hybridized carbons (Fsp3) is 0.120. The van der Waals surface area contributed by atoms with Crippen LogP contribution < -0.4 is 20.1 Å². The fourth-order valence-electron chi connectivity index (χ4n) is 3.31. The van der Waals surface area contributed by atoms with E-state index in [2.05, 4.69) is 15.7 Å². The number of hydrogen-bond donors (Lipinski definition) is 2. The van der Waals surface area contributed by atoms with Crippen molar-refractivity contribution in [1.29, 1.82) is 0 Å². The largest absolute Gasteiger partial charge is 0.493 e. The van der Waals surface area contributed by atoms with Crippen LogP contribution in [0.15, 0.2) is 79.0 Å². The highest BCUT2D eigenvalue weighted by Gasteiger charge is 2.10. The first-order valence-corrected chi connectivity index (χ1v) is 10.1.